The second kappa shape index (κ2) is 4.88. The largest absolute Gasteiger partial charge is 0.365 e. The Labute approximate surface area is 108 Å². The van der Waals surface area contributed by atoms with Gasteiger partial charge in [0, 0.05) is 23.8 Å². The van der Waals surface area contributed by atoms with Crippen LogP contribution in [0.4, 0.5) is 10.1 Å². The quantitative estimate of drug-likeness (QED) is 0.865. The van der Waals surface area contributed by atoms with Gasteiger partial charge in [0.25, 0.3) is 0 Å². The van der Waals surface area contributed by atoms with Gasteiger partial charge in [-0.05, 0) is 57.4 Å². The van der Waals surface area contributed by atoms with Crippen molar-refractivity contribution in [3.63, 3.8) is 0 Å². The maximum atomic E-state index is 13.4. The fourth-order valence-corrected chi connectivity index (χ4v) is 3.68. The summed E-state index contributed by atoms with van der Waals surface area (Å²) >= 11 is 0. The minimum absolute atomic E-state index is 0.124. The summed E-state index contributed by atoms with van der Waals surface area (Å²) in [5.41, 5.74) is 1.07. The van der Waals surface area contributed by atoms with Crippen LogP contribution in [0.25, 0.3) is 0 Å². The molecule has 2 aliphatic rings. The number of halogens is 1. The van der Waals surface area contributed by atoms with E-state index in [0.29, 0.717) is 18.1 Å². The predicted molar refractivity (Wildman–Crippen MR) is 72.4 cm³/mol. The normalized spacial score (nSPS) is 31.4. The lowest BCUT2D eigenvalue weighted by molar-refractivity contribution is 0.252. The van der Waals surface area contributed by atoms with Gasteiger partial charge in [-0.3, -0.25) is 0 Å². The molecule has 0 spiro atoms. The Morgan fingerprint density at radius 3 is 2.56 bits per heavy atom. The van der Waals surface area contributed by atoms with E-state index in [1.807, 2.05) is 12.1 Å². The third-order valence-electron chi connectivity index (χ3n) is 4.49. The third kappa shape index (κ3) is 2.12. The van der Waals surface area contributed by atoms with Crippen LogP contribution in [0.5, 0.6) is 0 Å². The summed E-state index contributed by atoms with van der Waals surface area (Å²) in [6, 6.07) is 8.88. The topological polar surface area (TPSA) is 15.3 Å². The van der Waals surface area contributed by atoms with Crippen molar-refractivity contribution >= 4 is 5.69 Å². The summed E-state index contributed by atoms with van der Waals surface area (Å²) in [6.07, 6.45) is 6.17. The maximum absolute atomic E-state index is 13.4. The smallest absolute Gasteiger partial charge is 0.125 e. The molecule has 98 valence electrons. The molecule has 2 aliphatic heterocycles. The Morgan fingerprint density at radius 2 is 1.94 bits per heavy atom. The monoisotopic (exact) mass is 248 g/mol. The van der Waals surface area contributed by atoms with Gasteiger partial charge in [0.1, 0.15) is 5.82 Å². The first-order chi connectivity index (χ1) is 8.78. The Balaban J connectivity index is 1.88. The lowest BCUT2D eigenvalue weighted by Crippen LogP contribution is -2.56. The average molecular weight is 248 g/mol. The highest BCUT2D eigenvalue weighted by Crippen LogP contribution is 2.37. The zero-order valence-corrected chi connectivity index (χ0v) is 10.9. The molecule has 0 aliphatic carbocycles. The van der Waals surface area contributed by atoms with E-state index >= 15 is 0 Å². The molecule has 1 aromatic carbocycles. The van der Waals surface area contributed by atoms with Gasteiger partial charge in [-0.15, -0.1) is 0 Å². The molecule has 2 fully saturated rings. The van der Waals surface area contributed by atoms with Crippen molar-refractivity contribution in [3.05, 3.63) is 30.1 Å². The number of benzene rings is 1. The molecule has 2 nitrogen and oxygen atoms in total. The van der Waals surface area contributed by atoms with Crippen molar-refractivity contribution in [3.8, 4) is 0 Å². The first-order valence-electron chi connectivity index (χ1n) is 6.99. The number of fused-ring (bicyclic) bond motifs is 2. The number of anilines is 1. The summed E-state index contributed by atoms with van der Waals surface area (Å²) in [5.74, 6) is -0.124. The molecule has 2 atom stereocenters. The second-order valence-corrected chi connectivity index (χ2v) is 5.58. The van der Waals surface area contributed by atoms with Crippen LogP contribution in [-0.4, -0.2) is 25.2 Å². The summed E-state index contributed by atoms with van der Waals surface area (Å²) in [4.78, 5) is 2.47. The SMILES string of the molecule is CNC1CC2CCCC(C1)N2c1cccc(F)c1. The van der Waals surface area contributed by atoms with Crippen LogP contribution in [0.15, 0.2) is 24.3 Å². The number of nitrogens with one attached hydrogen (secondary N) is 1. The summed E-state index contributed by atoms with van der Waals surface area (Å²) in [7, 11) is 2.05. The van der Waals surface area contributed by atoms with E-state index in [0.717, 1.165) is 5.69 Å². The number of hydrogen-bond acceptors (Lipinski definition) is 2. The number of nitrogens with zero attached hydrogens (tertiary/aromatic N) is 1. The molecule has 18 heavy (non-hydrogen) atoms. The van der Waals surface area contributed by atoms with Crippen LogP contribution < -0.4 is 10.2 Å². The number of piperidine rings is 2. The Kier molecular flexibility index (Phi) is 3.25. The van der Waals surface area contributed by atoms with Crippen LogP contribution in [0, 0.1) is 5.82 Å². The van der Waals surface area contributed by atoms with Crippen LogP contribution in [-0.2, 0) is 0 Å². The summed E-state index contributed by atoms with van der Waals surface area (Å²) in [6.45, 7) is 0. The fraction of sp³-hybridized carbons (Fsp3) is 0.600. The zero-order valence-electron chi connectivity index (χ0n) is 10.9. The van der Waals surface area contributed by atoms with E-state index in [1.165, 1.54) is 38.2 Å². The number of rotatable bonds is 2. The minimum atomic E-state index is -0.124. The van der Waals surface area contributed by atoms with Gasteiger partial charge in [0.05, 0.1) is 0 Å². The molecule has 2 bridgehead atoms. The van der Waals surface area contributed by atoms with E-state index in [-0.39, 0.29) is 5.82 Å². The molecule has 1 aromatic rings. The summed E-state index contributed by atoms with van der Waals surface area (Å²) < 4.78 is 13.4. The van der Waals surface area contributed by atoms with E-state index in [2.05, 4.69) is 17.3 Å². The minimum Gasteiger partial charge on any atom is -0.365 e. The first-order valence-corrected chi connectivity index (χ1v) is 6.99. The molecule has 0 saturated carbocycles. The van der Waals surface area contributed by atoms with E-state index < -0.39 is 0 Å². The number of hydrogen-bond donors (Lipinski definition) is 1. The van der Waals surface area contributed by atoms with Crippen molar-refractivity contribution in [2.24, 2.45) is 0 Å². The summed E-state index contributed by atoms with van der Waals surface area (Å²) in [5, 5.41) is 3.42. The fourth-order valence-electron chi connectivity index (χ4n) is 3.68. The maximum Gasteiger partial charge on any atom is 0.125 e. The highest BCUT2D eigenvalue weighted by atomic mass is 19.1. The van der Waals surface area contributed by atoms with Gasteiger partial charge in [0.2, 0.25) is 0 Å². The second-order valence-electron chi connectivity index (χ2n) is 5.58. The van der Waals surface area contributed by atoms with Crippen molar-refractivity contribution in [1.29, 1.82) is 0 Å². The van der Waals surface area contributed by atoms with E-state index in [9.17, 15) is 4.39 Å². The highest BCUT2D eigenvalue weighted by Gasteiger charge is 2.37. The molecule has 3 heteroatoms. The Morgan fingerprint density at radius 1 is 1.22 bits per heavy atom. The third-order valence-corrected chi connectivity index (χ3v) is 4.49. The molecular weight excluding hydrogens is 227 g/mol. The van der Waals surface area contributed by atoms with Crippen molar-refractivity contribution in [2.45, 2.75) is 50.2 Å². The Bertz CT molecular complexity index is 407. The van der Waals surface area contributed by atoms with Gasteiger partial charge in [-0.1, -0.05) is 6.07 Å². The molecule has 2 heterocycles. The van der Waals surface area contributed by atoms with Crippen molar-refractivity contribution in [1.82, 2.24) is 5.32 Å². The van der Waals surface area contributed by atoms with Gasteiger partial charge in [-0.25, -0.2) is 4.39 Å². The lowest BCUT2D eigenvalue weighted by atomic mass is 9.81. The van der Waals surface area contributed by atoms with Crippen LogP contribution in [0.1, 0.15) is 32.1 Å². The van der Waals surface area contributed by atoms with Gasteiger partial charge < -0.3 is 10.2 Å². The van der Waals surface area contributed by atoms with E-state index in [1.54, 1.807) is 6.07 Å². The molecular formula is C15H21FN2. The highest BCUT2D eigenvalue weighted by molar-refractivity contribution is 5.50. The van der Waals surface area contributed by atoms with Crippen LogP contribution >= 0.6 is 0 Å². The van der Waals surface area contributed by atoms with Crippen molar-refractivity contribution in [2.75, 3.05) is 11.9 Å². The van der Waals surface area contributed by atoms with Crippen LogP contribution in [0.3, 0.4) is 0 Å². The zero-order chi connectivity index (χ0) is 12.5. The van der Waals surface area contributed by atoms with Gasteiger partial charge >= 0.3 is 0 Å². The molecule has 0 radical (unpaired) electrons. The lowest BCUT2D eigenvalue weighted by Gasteiger charge is -2.50. The van der Waals surface area contributed by atoms with Gasteiger partial charge in [-0.2, -0.15) is 0 Å². The molecule has 0 aromatic heterocycles. The van der Waals surface area contributed by atoms with Gasteiger partial charge in [0.15, 0.2) is 0 Å². The molecule has 0 amide bonds. The Hall–Kier alpha value is -1.09. The molecule has 1 N–H and O–H groups in total. The molecule has 2 saturated heterocycles. The molecule has 3 rings (SSSR count). The predicted octanol–water partition coefficient (Wildman–Crippen LogP) is 2.94. The standard InChI is InChI=1S/C15H21FN2/c1-17-12-9-14-6-3-7-15(10-12)18(14)13-5-2-4-11(16)8-13/h2,4-5,8,12,14-15,17H,3,6-7,9-10H2,1H3. The average Bonchev–Trinajstić information content (AvgIpc) is 2.37. The van der Waals surface area contributed by atoms with Crippen molar-refractivity contribution < 1.29 is 4.39 Å². The molecule has 2 unspecified atom stereocenters. The van der Waals surface area contributed by atoms with E-state index in [4.69, 9.17) is 0 Å². The van der Waals surface area contributed by atoms with Crippen LogP contribution in [0.2, 0.25) is 0 Å². The first kappa shape index (κ1) is 12.0.